The average molecular weight is 422 g/mol. The van der Waals surface area contributed by atoms with E-state index in [9.17, 15) is 14.4 Å². The number of carbonyl (C=O) groups is 2. The van der Waals surface area contributed by atoms with E-state index in [2.05, 4.69) is 20.9 Å². The van der Waals surface area contributed by atoms with E-state index in [1.165, 1.54) is 18.0 Å². The molecule has 1 atom stereocenters. The van der Waals surface area contributed by atoms with Crippen molar-refractivity contribution < 1.29 is 14.3 Å². The zero-order valence-corrected chi connectivity index (χ0v) is 16.1. The van der Waals surface area contributed by atoms with Crippen LogP contribution < -0.4 is 5.56 Å². The molecule has 0 aliphatic carbocycles. The van der Waals surface area contributed by atoms with Gasteiger partial charge in [0.1, 0.15) is 6.04 Å². The summed E-state index contributed by atoms with van der Waals surface area (Å²) in [5, 5.41) is 0.500. The van der Waals surface area contributed by atoms with E-state index in [0.717, 1.165) is 17.3 Å². The minimum Gasteiger partial charge on any atom is -0.467 e. The summed E-state index contributed by atoms with van der Waals surface area (Å²) >= 11 is 3.35. The Bertz CT molecular complexity index is 896. The molecular weight excluding hydrogens is 402 g/mol. The van der Waals surface area contributed by atoms with Crippen molar-refractivity contribution in [3.63, 3.8) is 0 Å². The van der Waals surface area contributed by atoms with Gasteiger partial charge in [-0.25, -0.2) is 9.78 Å². The number of nitrogens with zero attached hydrogens (tertiary/aromatic N) is 3. The van der Waals surface area contributed by atoms with E-state index in [1.807, 2.05) is 6.07 Å². The van der Waals surface area contributed by atoms with Crippen LogP contribution in [0.15, 0.2) is 33.8 Å². The number of likely N-dealkylation sites (tertiary alicyclic amines) is 1. The maximum absolute atomic E-state index is 12.6. The number of carbonyl (C=O) groups excluding carboxylic acids is 2. The zero-order valence-electron chi connectivity index (χ0n) is 14.5. The number of aryl methyl sites for hydroxylation is 1. The lowest BCUT2D eigenvalue weighted by atomic mass is 10.0. The van der Waals surface area contributed by atoms with Gasteiger partial charge < -0.3 is 9.64 Å². The Hall–Kier alpha value is -2.22. The van der Waals surface area contributed by atoms with E-state index in [-0.39, 0.29) is 30.4 Å². The number of fused-ring (bicyclic) bond motifs is 1. The van der Waals surface area contributed by atoms with Gasteiger partial charge in [-0.15, -0.1) is 0 Å². The van der Waals surface area contributed by atoms with E-state index in [1.54, 1.807) is 17.0 Å². The SMILES string of the molecule is COC(=O)C1CCCCN1C(=O)CCn1cnc2ccc(Br)cc2c1=O. The first-order chi connectivity index (χ1) is 12.5. The van der Waals surface area contributed by atoms with Gasteiger partial charge in [-0.3, -0.25) is 14.2 Å². The van der Waals surface area contributed by atoms with E-state index in [4.69, 9.17) is 4.74 Å². The van der Waals surface area contributed by atoms with Gasteiger partial charge in [0.15, 0.2) is 0 Å². The maximum atomic E-state index is 12.6. The van der Waals surface area contributed by atoms with Crippen LogP contribution in [0.4, 0.5) is 0 Å². The van der Waals surface area contributed by atoms with Crippen LogP contribution in [0.3, 0.4) is 0 Å². The fourth-order valence-corrected chi connectivity index (χ4v) is 3.62. The predicted octanol–water partition coefficient (Wildman–Crippen LogP) is 2.10. The van der Waals surface area contributed by atoms with Crippen LogP contribution >= 0.6 is 15.9 Å². The van der Waals surface area contributed by atoms with Gasteiger partial charge in [0.25, 0.3) is 5.56 Å². The second-order valence-electron chi connectivity index (χ2n) is 6.28. The Kier molecular flexibility index (Phi) is 5.70. The summed E-state index contributed by atoms with van der Waals surface area (Å²) in [7, 11) is 1.33. The molecule has 0 radical (unpaired) electrons. The summed E-state index contributed by atoms with van der Waals surface area (Å²) in [5.74, 6) is -0.534. The highest BCUT2D eigenvalue weighted by molar-refractivity contribution is 9.10. The summed E-state index contributed by atoms with van der Waals surface area (Å²) < 4.78 is 7.04. The molecular formula is C18H20BrN3O4. The Labute approximate surface area is 159 Å². The Morgan fingerprint density at radius 3 is 2.92 bits per heavy atom. The Morgan fingerprint density at radius 2 is 2.15 bits per heavy atom. The van der Waals surface area contributed by atoms with Crippen LogP contribution in [0.25, 0.3) is 10.9 Å². The Morgan fingerprint density at radius 1 is 1.35 bits per heavy atom. The first kappa shape index (κ1) is 18.6. The quantitative estimate of drug-likeness (QED) is 0.705. The fraction of sp³-hybridized carbons (Fsp3) is 0.444. The van der Waals surface area contributed by atoms with Gasteiger partial charge in [0, 0.05) is 24.0 Å². The minimum atomic E-state index is -0.524. The van der Waals surface area contributed by atoms with Crippen molar-refractivity contribution in [2.45, 2.75) is 38.3 Å². The van der Waals surface area contributed by atoms with Crippen LogP contribution in [0.1, 0.15) is 25.7 Å². The third kappa shape index (κ3) is 3.80. The predicted molar refractivity (Wildman–Crippen MR) is 99.7 cm³/mol. The molecule has 1 aliphatic rings. The minimum absolute atomic E-state index is 0.134. The standard InChI is InChI=1S/C18H20BrN3O4/c1-26-18(25)15-4-2-3-8-22(15)16(23)7-9-21-11-20-14-6-5-12(19)10-13(14)17(21)24/h5-6,10-11,15H,2-4,7-9H2,1H3. The van der Waals surface area contributed by atoms with Crippen LogP contribution in [0, 0.1) is 0 Å². The van der Waals surface area contributed by atoms with Crippen LogP contribution in [-0.4, -0.2) is 46.0 Å². The third-order valence-corrected chi connectivity index (χ3v) is 5.14. The summed E-state index contributed by atoms with van der Waals surface area (Å²) in [6.07, 6.45) is 3.97. The summed E-state index contributed by atoms with van der Waals surface area (Å²) in [4.78, 5) is 42.9. The molecule has 0 spiro atoms. The van der Waals surface area contributed by atoms with Crippen LogP contribution in [-0.2, 0) is 20.9 Å². The highest BCUT2D eigenvalue weighted by Crippen LogP contribution is 2.19. The molecule has 1 aromatic heterocycles. The fourth-order valence-electron chi connectivity index (χ4n) is 3.26. The molecule has 138 valence electrons. The van der Waals surface area contributed by atoms with Crippen molar-refractivity contribution in [2.24, 2.45) is 0 Å². The lowest BCUT2D eigenvalue weighted by Crippen LogP contribution is -2.48. The number of methoxy groups -OCH3 is 1. The molecule has 1 amide bonds. The average Bonchev–Trinajstić information content (AvgIpc) is 2.67. The molecule has 26 heavy (non-hydrogen) atoms. The van der Waals surface area contributed by atoms with Crippen molar-refractivity contribution in [1.82, 2.24) is 14.5 Å². The van der Waals surface area contributed by atoms with Gasteiger partial charge in [-0.1, -0.05) is 15.9 Å². The smallest absolute Gasteiger partial charge is 0.328 e. The number of hydrogen-bond donors (Lipinski definition) is 0. The zero-order chi connectivity index (χ0) is 18.7. The Balaban J connectivity index is 1.75. The first-order valence-electron chi connectivity index (χ1n) is 8.53. The molecule has 0 N–H and O–H groups in total. The summed E-state index contributed by atoms with van der Waals surface area (Å²) in [6.45, 7) is 0.758. The van der Waals surface area contributed by atoms with Crippen molar-refractivity contribution in [3.05, 3.63) is 39.4 Å². The molecule has 2 heterocycles. The highest BCUT2D eigenvalue weighted by Gasteiger charge is 2.32. The monoisotopic (exact) mass is 421 g/mol. The molecule has 1 aromatic carbocycles. The van der Waals surface area contributed by atoms with Gasteiger partial charge in [-0.2, -0.15) is 0 Å². The largest absolute Gasteiger partial charge is 0.467 e. The molecule has 1 aliphatic heterocycles. The van der Waals surface area contributed by atoms with E-state index in [0.29, 0.717) is 23.9 Å². The lowest BCUT2D eigenvalue weighted by molar-refractivity contribution is -0.154. The third-order valence-electron chi connectivity index (χ3n) is 4.65. The summed E-state index contributed by atoms with van der Waals surface area (Å²) in [5.41, 5.74) is 0.426. The second kappa shape index (κ2) is 7.99. The number of aromatic nitrogens is 2. The molecule has 3 rings (SSSR count). The van der Waals surface area contributed by atoms with Crippen molar-refractivity contribution in [2.75, 3.05) is 13.7 Å². The first-order valence-corrected chi connectivity index (χ1v) is 9.32. The van der Waals surface area contributed by atoms with Crippen LogP contribution in [0.2, 0.25) is 0 Å². The molecule has 2 aromatic rings. The van der Waals surface area contributed by atoms with Gasteiger partial charge in [-0.05, 0) is 37.5 Å². The molecule has 0 saturated carbocycles. The molecule has 1 unspecified atom stereocenters. The van der Waals surface area contributed by atoms with E-state index < -0.39 is 6.04 Å². The number of ether oxygens (including phenoxy) is 1. The summed E-state index contributed by atoms with van der Waals surface area (Å²) in [6, 6.07) is 4.79. The van der Waals surface area contributed by atoms with Crippen molar-refractivity contribution >= 4 is 38.7 Å². The second-order valence-corrected chi connectivity index (χ2v) is 7.19. The highest BCUT2D eigenvalue weighted by atomic mass is 79.9. The normalized spacial score (nSPS) is 17.3. The van der Waals surface area contributed by atoms with E-state index >= 15 is 0 Å². The van der Waals surface area contributed by atoms with Gasteiger partial charge >= 0.3 is 5.97 Å². The molecule has 0 bridgehead atoms. The number of benzene rings is 1. The topological polar surface area (TPSA) is 81.5 Å². The molecule has 1 fully saturated rings. The number of rotatable bonds is 4. The molecule has 1 saturated heterocycles. The maximum Gasteiger partial charge on any atom is 0.328 e. The van der Waals surface area contributed by atoms with Crippen molar-refractivity contribution in [1.29, 1.82) is 0 Å². The van der Waals surface area contributed by atoms with Crippen molar-refractivity contribution in [3.8, 4) is 0 Å². The molecule has 7 nitrogen and oxygen atoms in total. The number of esters is 1. The number of amides is 1. The van der Waals surface area contributed by atoms with Crippen LogP contribution in [0.5, 0.6) is 0 Å². The molecule has 8 heteroatoms. The van der Waals surface area contributed by atoms with Gasteiger partial charge in [0.2, 0.25) is 5.91 Å². The lowest BCUT2D eigenvalue weighted by Gasteiger charge is -2.33. The number of halogens is 1. The van der Waals surface area contributed by atoms with Gasteiger partial charge in [0.05, 0.1) is 24.3 Å². The number of piperidine rings is 1. The number of hydrogen-bond acceptors (Lipinski definition) is 5.